The first-order chi connectivity index (χ1) is 10.6. The summed E-state index contributed by atoms with van der Waals surface area (Å²) in [5, 5.41) is 2.94. The smallest absolute Gasteiger partial charge is 0.224 e. The van der Waals surface area contributed by atoms with E-state index in [4.69, 9.17) is 9.47 Å². The zero-order chi connectivity index (χ0) is 15.9. The Morgan fingerprint density at radius 2 is 1.95 bits per heavy atom. The van der Waals surface area contributed by atoms with Crippen LogP contribution in [-0.4, -0.2) is 25.1 Å². The van der Waals surface area contributed by atoms with Gasteiger partial charge in [0.05, 0.1) is 32.4 Å². The number of amides is 1. The van der Waals surface area contributed by atoms with E-state index in [2.05, 4.69) is 10.3 Å². The number of nitrogens with zero attached hydrogens (tertiary/aromatic N) is 1. The molecule has 5 nitrogen and oxygen atoms in total. The van der Waals surface area contributed by atoms with E-state index in [1.54, 1.807) is 26.5 Å². The van der Waals surface area contributed by atoms with E-state index >= 15 is 0 Å². The molecule has 0 saturated heterocycles. The Morgan fingerprint density at radius 3 is 2.59 bits per heavy atom. The number of hydrogen-bond donors (Lipinski definition) is 1. The summed E-state index contributed by atoms with van der Waals surface area (Å²) < 4.78 is 10.4. The highest BCUT2D eigenvalue weighted by Gasteiger charge is 2.12. The molecule has 0 aliphatic heterocycles. The SMILES string of the molecule is COc1ccc(CC(=O)NC(C)c2ccccn2)cc1OC. The van der Waals surface area contributed by atoms with Gasteiger partial charge in [-0.15, -0.1) is 0 Å². The minimum absolute atomic E-state index is 0.0645. The Balaban J connectivity index is 2.00. The maximum atomic E-state index is 12.1. The molecule has 0 fully saturated rings. The monoisotopic (exact) mass is 300 g/mol. The van der Waals surface area contributed by atoms with Gasteiger partial charge in [0.25, 0.3) is 0 Å². The van der Waals surface area contributed by atoms with Gasteiger partial charge in [-0.1, -0.05) is 12.1 Å². The molecule has 1 aromatic carbocycles. The van der Waals surface area contributed by atoms with Crippen LogP contribution in [0.5, 0.6) is 11.5 Å². The van der Waals surface area contributed by atoms with Gasteiger partial charge in [-0.3, -0.25) is 9.78 Å². The summed E-state index contributed by atoms with van der Waals surface area (Å²) in [6.07, 6.45) is 1.99. The molecule has 116 valence electrons. The number of benzene rings is 1. The van der Waals surface area contributed by atoms with Crippen LogP contribution in [0.1, 0.15) is 24.2 Å². The molecular formula is C17H20N2O3. The summed E-state index contributed by atoms with van der Waals surface area (Å²) in [5.41, 5.74) is 1.70. The number of methoxy groups -OCH3 is 2. The molecule has 0 radical (unpaired) electrons. The van der Waals surface area contributed by atoms with Crippen molar-refractivity contribution in [1.82, 2.24) is 10.3 Å². The highest BCUT2D eigenvalue weighted by molar-refractivity contribution is 5.79. The molecule has 2 rings (SSSR count). The van der Waals surface area contributed by atoms with Crippen LogP contribution in [0.4, 0.5) is 0 Å². The van der Waals surface area contributed by atoms with E-state index in [-0.39, 0.29) is 18.4 Å². The summed E-state index contributed by atoms with van der Waals surface area (Å²) in [6.45, 7) is 1.91. The highest BCUT2D eigenvalue weighted by atomic mass is 16.5. The third-order valence-corrected chi connectivity index (χ3v) is 3.32. The molecule has 0 aliphatic rings. The number of ether oxygens (including phenoxy) is 2. The van der Waals surface area contributed by atoms with Crippen molar-refractivity contribution < 1.29 is 14.3 Å². The quantitative estimate of drug-likeness (QED) is 0.890. The Labute approximate surface area is 130 Å². The van der Waals surface area contributed by atoms with Crippen molar-refractivity contribution in [2.45, 2.75) is 19.4 Å². The number of hydrogen-bond acceptors (Lipinski definition) is 4. The number of pyridine rings is 1. The van der Waals surface area contributed by atoms with Gasteiger partial charge < -0.3 is 14.8 Å². The molecule has 1 aromatic heterocycles. The van der Waals surface area contributed by atoms with Crippen LogP contribution in [0.3, 0.4) is 0 Å². The Kier molecular flexibility index (Phi) is 5.36. The number of nitrogens with one attached hydrogen (secondary N) is 1. The van der Waals surface area contributed by atoms with E-state index in [9.17, 15) is 4.79 Å². The second-order valence-corrected chi connectivity index (χ2v) is 4.91. The Morgan fingerprint density at radius 1 is 1.18 bits per heavy atom. The van der Waals surface area contributed by atoms with Gasteiger partial charge >= 0.3 is 0 Å². The minimum atomic E-state index is -0.131. The molecule has 0 saturated carbocycles. The normalized spacial score (nSPS) is 11.6. The molecule has 5 heteroatoms. The summed E-state index contributed by atoms with van der Waals surface area (Å²) in [6, 6.07) is 11.0. The second-order valence-electron chi connectivity index (χ2n) is 4.91. The van der Waals surface area contributed by atoms with Crippen molar-refractivity contribution in [3.63, 3.8) is 0 Å². The first-order valence-corrected chi connectivity index (χ1v) is 7.05. The van der Waals surface area contributed by atoms with Crippen LogP contribution in [0.25, 0.3) is 0 Å². The maximum absolute atomic E-state index is 12.1. The molecular weight excluding hydrogens is 280 g/mol. The zero-order valence-electron chi connectivity index (χ0n) is 13.0. The molecule has 0 aliphatic carbocycles. The number of carbonyl (C=O) groups excluding carboxylic acids is 1. The van der Waals surface area contributed by atoms with Gasteiger partial charge in [-0.25, -0.2) is 0 Å². The van der Waals surface area contributed by atoms with Gasteiger partial charge in [0, 0.05) is 6.20 Å². The second kappa shape index (κ2) is 7.45. The number of aromatic nitrogens is 1. The molecule has 0 spiro atoms. The first kappa shape index (κ1) is 15.8. The Bertz CT molecular complexity index is 629. The lowest BCUT2D eigenvalue weighted by Gasteiger charge is -2.14. The third-order valence-electron chi connectivity index (χ3n) is 3.32. The molecule has 1 N–H and O–H groups in total. The van der Waals surface area contributed by atoms with Crippen molar-refractivity contribution in [2.75, 3.05) is 14.2 Å². The molecule has 22 heavy (non-hydrogen) atoms. The molecule has 1 amide bonds. The summed E-state index contributed by atoms with van der Waals surface area (Å²) >= 11 is 0. The fraction of sp³-hybridized carbons (Fsp3) is 0.294. The van der Waals surface area contributed by atoms with Gasteiger partial charge in [-0.05, 0) is 36.8 Å². The average Bonchev–Trinajstić information content (AvgIpc) is 2.55. The van der Waals surface area contributed by atoms with Gasteiger partial charge in [0.1, 0.15) is 0 Å². The molecule has 0 bridgehead atoms. The standard InChI is InChI=1S/C17H20N2O3/c1-12(14-6-4-5-9-18-14)19-17(20)11-13-7-8-15(21-2)16(10-13)22-3/h4-10,12H,11H2,1-3H3,(H,19,20). The predicted octanol–water partition coefficient (Wildman–Crippen LogP) is 2.52. The number of carbonyl (C=O) groups is 1. The van der Waals surface area contributed by atoms with E-state index in [0.29, 0.717) is 11.5 Å². The van der Waals surface area contributed by atoms with Crippen LogP contribution in [0.15, 0.2) is 42.6 Å². The van der Waals surface area contributed by atoms with Crippen LogP contribution >= 0.6 is 0 Å². The van der Waals surface area contributed by atoms with E-state index in [1.165, 1.54) is 0 Å². The largest absolute Gasteiger partial charge is 0.493 e. The van der Waals surface area contributed by atoms with Crippen molar-refractivity contribution in [1.29, 1.82) is 0 Å². The lowest BCUT2D eigenvalue weighted by atomic mass is 10.1. The molecule has 1 unspecified atom stereocenters. The van der Waals surface area contributed by atoms with Crippen molar-refractivity contribution in [3.05, 3.63) is 53.9 Å². The predicted molar refractivity (Wildman–Crippen MR) is 84.0 cm³/mol. The lowest BCUT2D eigenvalue weighted by molar-refractivity contribution is -0.121. The maximum Gasteiger partial charge on any atom is 0.224 e. The molecule has 2 aromatic rings. The topological polar surface area (TPSA) is 60.5 Å². The van der Waals surface area contributed by atoms with Gasteiger partial charge in [0.15, 0.2) is 11.5 Å². The van der Waals surface area contributed by atoms with Crippen LogP contribution in [-0.2, 0) is 11.2 Å². The average molecular weight is 300 g/mol. The van der Waals surface area contributed by atoms with E-state index in [1.807, 2.05) is 37.3 Å². The van der Waals surface area contributed by atoms with Gasteiger partial charge in [0.2, 0.25) is 5.91 Å². The van der Waals surface area contributed by atoms with Crippen molar-refractivity contribution in [2.24, 2.45) is 0 Å². The van der Waals surface area contributed by atoms with E-state index in [0.717, 1.165) is 11.3 Å². The van der Waals surface area contributed by atoms with Crippen molar-refractivity contribution >= 4 is 5.91 Å². The van der Waals surface area contributed by atoms with Crippen LogP contribution in [0, 0.1) is 0 Å². The minimum Gasteiger partial charge on any atom is -0.493 e. The van der Waals surface area contributed by atoms with Crippen LogP contribution < -0.4 is 14.8 Å². The summed E-state index contributed by atoms with van der Waals surface area (Å²) in [4.78, 5) is 16.4. The highest BCUT2D eigenvalue weighted by Crippen LogP contribution is 2.27. The first-order valence-electron chi connectivity index (χ1n) is 7.05. The third kappa shape index (κ3) is 3.97. The number of rotatable bonds is 6. The Hall–Kier alpha value is -2.56. The summed E-state index contributed by atoms with van der Waals surface area (Å²) in [7, 11) is 3.16. The zero-order valence-corrected chi connectivity index (χ0v) is 13.0. The fourth-order valence-electron chi connectivity index (χ4n) is 2.17. The molecule has 1 atom stereocenters. The van der Waals surface area contributed by atoms with Crippen molar-refractivity contribution in [3.8, 4) is 11.5 Å². The lowest BCUT2D eigenvalue weighted by Crippen LogP contribution is -2.28. The van der Waals surface area contributed by atoms with Crippen LogP contribution in [0.2, 0.25) is 0 Å². The fourth-order valence-corrected chi connectivity index (χ4v) is 2.17. The van der Waals surface area contributed by atoms with E-state index < -0.39 is 0 Å². The summed E-state index contributed by atoms with van der Waals surface area (Å²) in [5.74, 6) is 1.20. The molecule has 1 heterocycles. The van der Waals surface area contributed by atoms with Gasteiger partial charge in [-0.2, -0.15) is 0 Å².